The first-order chi connectivity index (χ1) is 11.0. The van der Waals surface area contributed by atoms with Gasteiger partial charge in [0.15, 0.2) is 4.96 Å². The number of anilines is 1. The third-order valence-electron chi connectivity index (χ3n) is 3.19. The van der Waals surface area contributed by atoms with Crippen LogP contribution in [-0.4, -0.2) is 15.3 Å². The van der Waals surface area contributed by atoms with Crippen molar-refractivity contribution < 1.29 is 9.53 Å². The molecule has 0 aliphatic heterocycles. The fraction of sp³-hybridized carbons (Fsp3) is 0.188. The highest BCUT2D eigenvalue weighted by atomic mass is 32.1. The lowest BCUT2D eigenvalue weighted by atomic mass is 10.3. The van der Waals surface area contributed by atoms with Gasteiger partial charge in [-0.2, -0.15) is 0 Å². The van der Waals surface area contributed by atoms with E-state index >= 15 is 0 Å². The van der Waals surface area contributed by atoms with Crippen molar-refractivity contribution in [3.63, 3.8) is 0 Å². The molecule has 0 saturated heterocycles. The Bertz CT molecular complexity index is 912. The SMILES string of the molecule is CC(=O)Nc1ccc(OCc2cc(=O)n3c(C)csc3n2)cc1. The number of hydrogen-bond donors (Lipinski definition) is 1. The van der Waals surface area contributed by atoms with E-state index < -0.39 is 0 Å². The average Bonchev–Trinajstić information content (AvgIpc) is 2.88. The molecule has 0 atom stereocenters. The number of aryl methyl sites for hydroxylation is 1. The summed E-state index contributed by atoms with van der Waals surface area (Å²) in [6.07, 6.45) is 0. The van der Waals surface area contributed by atoms with Gasteiger partial charge in [-0.1, -0.05) is 0 Å². The van der Waals surface area contributed by atoms with Gasteiger partial charge in [0.2, 0.25) is 5.91 Å². The lowest BCUT2D eigenvalue weighted by molar-refractivity contribution is -0.114. The number of thiazole rings is 1. The molecule has 118 valence electrons. The van der Waals surface area contributed by atoms with Crippen LogP contribution < -0.4 is 15.6 Å². The first kappa shape index (κ1) is 15.2. The lowest BCUT2D eigenvalue weighted by Crippen LogP contribution is -2.15. The molecule has 0 fully saturated rings. The number of carbonyl (C=O) groups is 1. The quantitative estimate of drug-likeness (QED) is 0.798. The van der Waals surface area contributed by atoms with Gasteiger partial charge in [-0.25, -0.2) is 4.98 Å². The minimum absolute atomic E-state index is 0.103. The number of nitrogens with one attached hydrogen (secondary N) is 1. The summed E-state index contributed by atoms with van der Waals surface area (Å²) in [5.41, 5.74) is 2.07. The highest BCUT2D eigenvalue weighted by molar-refractivity contribution is 7.15. The molecular formula is C16H15N3O3S. The first-order valence-corrected chi connectivity index (χ1v) is 7.88. The second-order valence-corrected chi connectivity index (χ2v) is 5.91. The Morgan fingerprint density at radius 3 is 2.78 bits per heavy atom. The van der Waals surface area contributed by atoms with Gasteiger partial charge < -0.3 is 10.1 Å². The zero-order valence-corrected chi connectivity index (χ0v) is 13.5. The van der Waals surface area contributed by atoms with Crippen LogP contribution in [0.3, 0.4) is 0 Å². The number of hydrogen-bond acceptors (Lipinski definition) is 5. The largest absolute Gasteiger partial charge is 0.487 e. The van der Waals surface area contributed by atoms with Gasteiger partial charge in [0, 0.05) is 29.8 Å². The van der Waals surface area contributed by atoms with E-state index in [2.05, 4.69) is 10.3 Å². The second kappa shape index (κ2) is 6.21. The number of rotatable bonds is 4. The van der Waals surface area contributed by atoms with Gasteiger partial charge in [0.05, 0.1) is 5.69 Å². The molecular weight excluding hydrogens is 314 g/mol. The molecule has 0 spiro atoms. The number of aromatic nitrogens is 2. The molecule has 3 aromatic rings. The van der Waals surface area contributed by atoms with Gasteiger partial charge in [0.25, 0.3) is 5.56 Å². The van der Waals surface area contributed by atoms with Gasteiger partial charge in [-0.3, -0.25) is 14.0 Å². The molecule has 0 saturated carbocycles. The molecule has 1 aromatic carbocycles. The van der Waals surface area contributed by atoms with Crippen LogP contribution in [0, 0.1) is 6.92 Å². The molecule has 23 heavy (non-hydrogen) atoms. The van der Waals surface area contributed by atoms with Gasteiger partial charge in [0.1, 0.15) is 12.4 Å². The summed E-state index contributed by atoms with van der Waals surface area (Å²) in [4.78, 5) is 28.1. The van der Waals surface area contributed by atoms with Crippen molar-refractivity contribution in [2.45, 2.75) is 20.5 Å². The summed E-state index contributed by atoms with van der Waals surface area (Å²) in [5, 5.41) is 4.58. The van der Waals surface area contributed by atoms with Crippen LogP contribution in [0.25, 0.3) is 4.96 Å². The summed E-state index contributed by atoms with van der Waals surface area (Å²) in [5.74, 6) is 0.520. The zero-order chi connectivity index (χ0) is 16.4. The van der Waals surface area contributed by atoms with Crippen LogP contribution in [0.4, 0.5) is 5.69 Å². The Morgan fingerprint density at radius 2 is 2.09 bits per heavy atom. The summed E-state index contributed by atoms with van der Waals surface area (Å²) in [6.45, 7) is 3.54. The average molecular weight is 329 g/mol. The van der Waals surface area contributed by atoms with Crippen molar-refractivity contribution in [1.29, 1.82) is 0 Å². The van der Waals surface area contributed by atoms with Gasteiger partial charge in [-0.15, -0.1) is 11.3 Å². The van der Waals surface area contributed by atoms with Crippen LogP contribution in [0.2, 0.25) is 0 Å². The van der Waals surface area contributed by atoms with E-state index in [-0.39, 0.29) is 18.1 Å². The van der Waals surface area contributed by atoms with Crippen molar-refractivity contribution in [3.05, 3.63) is 57.5 Å². The number of benzene rings is 1. The maximum absolute atomic E-state index is 12.1. The van der Waals surface area contributed by atoms with E-state index in [1.54, 1.807) is 28.7 Å². The molecule has 2 aromatic heterocycles. The fourth-order valence-corrected chi connectivity index (χ4v) is 3.06. The number of fused-ring (bicyclic) bond motifs is 1. The summed E-state index contributed by atoms with van der Waals surface area (Å²) in [6, 6.07) is 8.51. The van der Waals surface area contributed by atoms with E-state index in [0.29, 0.717) is 22.1 Å². The van der Waals surface area contributed by atoms with Crippen LogP contribution in [-0.2, 0) is 11.4 Å². The maximum atomic E-state index is 12.1. The van der Waals surface area contributed by atoms with Crippen molar-refractivity contribution in [2.24, 2.45) is 0 Å². The normalized spacial score (nSPS) is 10.7. The molecule has 0 bridgehead atoms. The van der Waals surface area contributed by atoms with E-state index in [0.717, 1.165) is 5.69 Å². The molecule has 0 radical (unpaired) electrons. The van der Waals surface area contributed by atoms with Crippen LogP contribution >= 0.6 is 11.3 Å². The zero-order valence-electron chi connectivity index (χ0n) is 12.7. The highest BCUT2D eigenvalue weighted by Gasteiger charge is 2.07. The Balaban J connectivity index is 1.73. The topological polar surface area (TPSA) is 72.7 Å². The minimum atomic E-state index is -0.122. The van der Waals surface area contributed by atoms with E-state index in [9.17, 15) is 9.59 Å². The van der Waals surface area contributed by atoms with Gasteiger partial charge >= 0.3 is 0 Å². The van der Waals surface area contributed by atoms with Crippen LogP contribution in [0.1, 0.15) is 18.3 Å². The van der Waals surface area contributed by atoms with E-state index in [1.807, 2.05) is 12.3 Å². The molecule has 1 N–H and O–H groups in total. The predicted molar refractivity (Wildman–Crippen MR) is 89.2 cm³/mol. The lowest BCUT2D eigenvalue weighted by Gasteiger charge is -2.07. The molecule has 7 heteroatoms. The molecule has 6 nitrogen and oxygen atoms in total. The Morgan fingerprint density at radius 1 is 1.35 bits per heavy atom. The Kier molecular flexibility index (Phi) is 4.12. The maximum Gasteiger partial charge on any atom is 0.259 e. The molecule has 3 rings (SSSR count). The Labute approximate surface area is 136 Å². The number of carbonyl (C=O) groups excluding carboxylic acids is 1. The highest BCUT2D eigenvalue weighted by Crippen LogP contribution is 2.17. The molecule has 0 unspecified atom stereocenters. The van der Waals surface area contributed by atoms with E-state index in [4.69, 9.17) is 4.74 Å². The number of ether oxygens (including phenoxy) is 1. The van der Waals surface area contributed by atoms with E-state index in [1.165, 1.54) is 24.3 Å². The number of nitrogens with zero attached hydrogens (tertiary/aromatic N) is 2. The van der Waals surface area contributed by atoms with Crippen LogP contribution in [0.15, 0.2) is 40.5 Å². The summed E-state index contributed by atoms with van der Waals surface area (Å²) in [7, 11) is 0. The fourth-order valence-electron chi connectivity index (χ4n) is 2.17. The summed E-state index contributed by atoms with van der Waals surface area (Å²) >= 11 is 1.43. The molecule has 0 aliphatic carbocycles. The summed E-state index contributed by atoms with van der Waals surface area (Å²) < 4.78 is 7.22. The number of amides is 1. The minimum Gasteiger partial charge on any atom is -0.487 e. The predicted octanol–water partition coefficient (Wildman–Crippen LogP) is 2.60. The van der Waals surface area contributed by atoms with Crippen molar-refractivity contribution in [2.75, 3.05) is 5.32 Å². The van der Waals surface area contributed by atoms with Crippen molar-refractivity contribution in [1.82, 2.24) is 9.38 Å². The second-order valence-electron chi connectivity index (χ2n) is 5.08. The standard InChI is InChI=1S/C16H15N3O3S/c1-10-9-23-16-18-13(7-15(21)19(10)16)8-22-14-5-3-12(4-6-14)17-11(2)20/h3-7,9H,8H2,1-2H3,(H,17,20). The monoisotopic (exact) mass is 329 g/mol. The van der Waals surface area contributed by atoms with Gasteiger partial charge in [-0.05, 0) is 31.2 Å². The van der Waals surface area contributed by atoms with Crippen molar-refractivity contribution >= 4 is 27.9 Å². The molecule has 1 amide bonds. The molecule has 0 aliphatic rings. The van der Waals surface area contributed by atoms with Crippen molar-refractivity contribution in [3.8, 4) is 5.75 Å². The Hall–Kier alpha value is -2.67. The third kappa shape index (κ3) is 3.40. The first-order valence-electron chi connectivity index (χ1n) is 7.00. The smallest absolute Gasteiger partial charge is 0.259 e. The van der Waals surface area contributed by atoms with Crippen LogP contribution in [0.5, 0.6) is 5.75 Å². The third-order valence-corrected chi connectivity index (χ3v) is 4.13. The molecule has 2 heterocycles.